The van der Waals surface area contributed by atoms with Crippen LogP contribution in [0.15, 0.2) is 62.4 Å². The molecule has 1 aromatic heterocycles. The minimum absolute atomic E-state index is 0.0451. The van der Waals surface area contributed by atoms with Gasteiger partial charge < -0.3 is 4.42 Å². The topological polar surface area (TPSA) is 88.7 Å². The van der Waals surface area contributed by atoms with Gasteiger partial charge in [-0.1, -0.05) is 30.3 Å². The molecule has 0 unspecified atom stereocenters. The number of thioether (sulfide) groups is 1. The van der Waals surface area contributed by atoms with Crippen molar-refractivity contribution in [1.82, 2.24) is 5.32 Å². The molecule has 0 radical (unpaired) electrons. The molecule has 2 heterocycles. The van der Waals surface area contributed by atoms with Crippen LogP contribution >= 0.6 is 11.8 Å². The summed E-state index contributed by atoms with van der Waals surface area (Å²) in [5.74, 6) is -0.110. The van der Waals surface area contributed by atoms with Crippen LogP contribution < -0.4 is 5.32 Å². The van der Waals surface area contributed by atoms with E-state index in [0.717, 1.165) is 11.8 Å². The number of carbonyl (C=O) groups is 1. The number of furan rings is 1. The minimum Gasteiger partial charge on any atom is -0.465 e. The number of amidine groups is 1. The van der Waals surface area contributed by atoms with Crippen molar-refractivity contribution in [3.63, 3.8) is 0 Å². The maximum absolute atomic E-state index is 12.1. The number of nitrogens with one attached hydrogen (secondary N) is 1. The Balaban J connectivity index is 1.77. The van der Waals surface area contributed by atoms with Crippen molar-refractivity contribution in [2.24, 2.45) is 4.40 Å². The SMILES string of the molecule is O=C1N/C(=N\S(=O)(=O)Cc2ccccc2)S/C1=C\c1ccco1. The van der Waals surface area contributed by atoms with E-state index in [2.05, 4.69) is 9.71 Å². The molecule has 3 rings (SSSR count). The van der Waals surface area contributed by atoms with E-state index >= 15 is 0 Å². The zero-order valence-electron chi connectivity index (χ0n) is 11.8. The first-order valence-corrected chi connectivity index (χ1v) is 9.05. The average molecular weight is 348 g/mol. The second-order valence-corrected chi connectivity index (χ2v) is 7.35. The van der Waals surface area contributed by atoms with Gasteiger partial charge in [-0.3, -0.25) is 10.1 Å². The van der Waals surface area contributed by atoms with Crippen LogP contribution in [0.1, 0.15) is 11.3 Å². The van der Waals surface area contributed by atoms with Gasteiger partial charge in [0, 0.05) is 6.08 Å². The lowest BCUT2D eigenvalue weighted by Gasteiger charge is -2.00. The molecule has 1 aromatic carbocycles. The van der Waals surface area contributed by atoms with Gasteiger partial charge in [-0.05, 0) is 29.5 Å². The van der Waals surface area contributed by atoms with Gasteiger partial charge in [0.2, 0.25) is 0 Å². The standard InChI is InChI=1S/C15H12N2O4S2/c18-14-13(9-12-7-4-8-21-12)22-15(16-14)17-23(19,20)10-11-5-2-1-3-6-11/h1-9H,10H2,(H,16,17,18)/b13-9-. The van der Waals surface area contributed by atoms with E-state index in [9.17, 15) is 13.2 Å². The second kappa shape index (κ2) is 6.43. The van der Waals surface area contributed by atoms with Crippen LogP contribution in [0.5, 0.6) is 0 Å². The monoisotopic (exact) mass is 348 g/mol. The summed E-state index contributed by atoms with van der Waals surface area (Å²) in [5.41, 5.74) is 0.637. The van der Waals surface area contributed by atoms with E-state index in [4.69, 9.17) is 4.42 Å². The molecular weight excluding hydrogens is 336 g/mol. The largest absolute Gasteiger partial charge is 0.465 e. The molecule has 6 nitrogen and oxygen atoms in total. The molecule has 1 fully saturated rings. The number of benzene rings is 1. The van der Waals surface area contributed by atoms with E-state index in [1.165, 1.54) is 12.3 Å². The van der Waals surface area contributed by atoms with E-state index in [1.807, 2.05) is 0 Å². The molecule has 1 aliphatic rings. The van der Waals surface area contributed by atoms with Crippen molar-refractivity contribution >= 4 is 38.9 Å². The van der Waals surface area contributed by atoms with Crippen molar-refractivity contribution in [2.75, 3.05) is 0 Å². The molecule has 1 saturated heterocycles. The summed E-state index contributed by atoms with van der Waals surface area (Å²) < 4.78 is 33.0. The molecule has 0 spiro atoms. The molecule has 1 aliphatic heterocycles. The van der Waals surface area contributed by atoms with E-state index in [0.29, 0.717) is 16.2 Å². The van der Waals surface area contributed by atoms with Gasteiger partial charge in [-0.2, -0.15) is 0 Å². The first-order chi connectivity index (χ1) is 11.0. The molecular formula is C15H12N2O4S2. The third-order valence-corrected chi connectivity index (χ3v) is 5.07. The molecule has 2 aromatic rings. The lowest BCUT2D eigenvalue weighted by Crippen LogP contribution is -2.21. The van der Waals surface area contributed by atoms with Gasteiger partial charge in [-0.15, -0.1) is 4.40 Å². The van der Waals surface area contributed by atoms with Gasteiger partial charge >= 0.3 is 0 Å². The van der Waals surface area contributed by atoms with Gasteiger partial charge in [0.05, 0.1) is 16.9 Å². The molecule has 118 valence electrons. The molecule has 1 amide bonds. The summed E-state index contributed by atoms with van der Waals surface area (Å²) in [4.78, 5) is 12.2. The third-order valence-electron chi connectivity index (χ3n) is 2.88. The zero-order chi connectivity index (χ0) is 16.3. The van der Waals surface area contributed by atoms with Crippen molar-refractivity contribution in [3.8, 4) is 0 Å². The van der Waals surface area contributed by atoms with Crippen LogP contribution in [-0.4, -0.2) is 19.5 Å². The Morgan fingerprint density at radius 2 is 1.96 bits per heavy atom. The molecule has 0 aliphatic carbocycles. The Morgan fingerprint density at radius 3 is 2.65 bits per heavy atom. The Hall–Kier alpha value is -2.32. The summed E-state index contributed by atoms with van der Waals surface area (Å²) in [7, 11) is -3.73. The van der Waals surface area contributed by atoms with Gasteiger partial charge in [0.1, 0.15) is 5.76 Å². The van der Waals surface area contributed by atoms with Crippen molar-refractivity contribution in [1.29, 1.82) is 0 Å². The van der Waals surface area contributed by atoms with Gasteiger partial charge in [0.15, 0.2) is 5.17 Å². The normalized spacial score (nSPS) is 18.5. The van der Waals surface area contributed by atoms with Gasteiger partial charge in [-0.25, -0.2) is 8.42 Å². The second-order valence-electron chi connectivity index (χ2n) is 4.69. The van der Waals surface area contributed by atoms with Crippen molar-refractivity contribution in [3.05, 3.63) is 65.0 Å². The Morgan fingerprint density at radius 1 is 1.17 bits per heavy atom. The van der Waals surface area contributed by atoms with E-state index in [-0.39, 0.29) is 10.9 Å². The lowest BCUT2D eigenvalue weighted by atomic mass is 10.2. The van der Waals surface area contributed by atoms with Crippen LogP contribution in [0.2, 0.25) is 0 Å². The number of sulfonamides is 1. The molecule has 0 atom stereocenters. The maximum Gasteiger partial charge on any atom is 0.264 e. The quantitative estimate of drug-likeness (QED) is 0.857. The van der Waals surface area contributed by atoms with Gasteiger partial charge in [0.25, 0.3) is 15.9 Å². The average Bonchev–Trinajstić information content (AvgIpc) is 3.10. The third kappa shape index (κ3) is 4.11. The Labute approximate surface area is 137 Å². The molecule has 0 saturated carbocycles. The Bertz CT molecular complexity index is 869. The summed E-state index contributed by atoms with van der Waals surface area (Å²) >= 11 is 0.966. The first kappa shape index (κ1) is 15.6. The maximum atomic E-state index is 12.1. The number of amides is 1. The smallest absolute Gasteiger partial charge is 0.264 e. The van der Waals surface area contributed by atoms with E-state index < -0.39 is 15.9 Å². The van der Waals surface area contributed by atoms with Crippen LogP contribution in [0.3, 0.4) is 0 Å². The summed E-state index contributed by atoms with van der Waals surface area (Å²) in [5, 5.41) is 2.49. The minimum atomic E-state index is -3.73. The number of nitrogens with zero attached hydrogens (tertiary/aromatic N) is 1. The Kier molecular flexibility index (Phi) is 4.35. The zero-order valence-corrected chi connectivity index (χ0v) is 13.4. The van der Waals surface area contributed by atoms with Crippen LogP contribution in [0.25, 0.3) is 6.08 Å². The van der Waals surface area contributed by atoms with Crippen LogP contribution in [0.4, 0.5) is 0 Å². The highest BCUT2D eigenvalue weighted by atomic mass is 32.2. The fourth-order valence-corrected chi connectivity index (χ4v) is 4.05. The predicted molar refractivity (Wildman–Crippen MR) is 88.9 cm³/mol. The molecule has 23 heavy (non-hydrogen) atoms. The van der Waals surface area contributed by atoms with Crippen molar-refractivity contribution in [2.45, 2.75) is 5.75 Å². The molecule has 1 N–H and O–H groups in total. The number of carbonyl (C=O) groups excluding carboxylic acids is 1. The number of hydrogen-bond donors (Lipinski definition) is 1. The summed E-state index contributed by atoms with van der Waals surface area (Å²) in [6.07, 6.45) is 3.02. The molecule has 0 bridgehead atoms. The lowest BCUT2D eigenvalue weighted by molar-refractivity contribution is -0.115. The highest BCUT2D eigenvalue weighted by Crippen LogP contribution is 2.27. The fourth-order valence-electron chi connectivity index (χ4n) is 1.92. The number of hydrogen-bond acceptors (Lipinski definition) is 5. The highest BCUT2D eigenvalue weighted by Gasteiger charge is 2.26. The summed E-state index contributed by atoms with van der Waals surface area (Å²) in [6.45, 7) is 0. The highest BCUT2D eigenvalue weighted by molar-refractivity contribution is 8.19. The summed E-state index contributed by atoms with van der Waals surface area (Å²) in [6, 6.07) is 12.1. The first-order valence-electron chi connectivity index (χ1n) is 6.63. The number of rotatable bonds is 4. The van der Waals surface area contributed by atoms with Crippen molar-refractivity contribution < 1.29 is 17.6 Å². The van der Waals surface area contributed by atoms with E-state index in [1.54, 1.807) is 42.5 Å². The van der Waals surface area contributed by atoms with Crippen LogP contribution in [-0.2, 0) is 20.6 Å². The fraction of sp³-hybridized carbons (Fsp3) is 0.0667. The molecule has 8 heteroatoms. The predicted octanol–water partition coefficient (Wildman–Crippen LogP) is 2.37. The van der Waals surface area contributed by atoms with Crippen LogP contribution in [0, 0.1) is 0 Å².